The maximum absolute atomic E-state index is 11.6. The van der Waals surface area contributed by atoms with E-state index in [9.17, 15) is 8.42 Å². The largest absolute Gasteiger partial charge is 0.383 e. The van der Waals surface area contributed by atoms with Gasteiger partial charge in [0.15, 0.2) is 0 Å². The maximum Gasteiger partial charge on any atom is 0.299 e. The number of hydrogen-bond donors (Lipinski definition) is 2. The summed E-state index contributed by atoms with van der Waals surface area (Å²) in [5.74, 6) is 0. The van der Waals surface area contributed by atoms with E-state index in [1.807, 2.05) is 0 Å². The SMILES string of the molecule is COCCNS(=O)(=O)Nc1ccc(Cl)cc1Br. The second-order valence-electron chi connectivity index (χ2n) is 3.12. The Balaban J connectivity index is 2.69. The topological polar surface area (TPSA) is 67.4 Å². The minimum absolute atomic E-state index is 0.205. The number of benzene rings is 1. The van der Waals surface area contributed by atoms with Crippen LogP contribution in [-0.2, 0) is 14.9 Å². The van der Waals surface area contributed by atoms with Gasteiger partial charge in [-0.25, -0.2) is 0 Å². The summed E-state index contributed by atoms with van der Waals surface area (Å²) in [6.45, 7) is 0.514. The molecule has 0 saturated carbocycles. The minimum atomic E-state index is -3.60. The van der Waals surface area contributed by atoms with E-state index in [-0.39, 0.29) is 6.54 Å². The van der Waals surface area contributed by atoms with Crippen LogP contribution >= 0.6 is 27.5 Å². The highest BCUT2D eigenvalue weighted by molar-refractivity contribution is 9.10. The zero-order valence-electron chi connectivity index (χ0n) is 9.04. The molecule has 96 valence electrons. The van der Waals surface area contributed by atoms with E-state index in [1.165, 1.54) is 7.11 Å². The Kier molecular flexibility index (Phi) is 5.68. The molecule has 0 amide bonds. The molecule has 0 fully saturated rings. The van der Waals surface area contributed by atoms with Crippen molar-refractivity contribution in [2.45, 2.75) is 0 Å². The highest BCUT2D eigenvalue weighted by Gasteiger charge is 2.11. The first-order chi connectivity index (χ1) is 7.94. The molecule has 1 aromatic carbocycles. The van der Waals surface area contributed by atoms with Gasteiger partial charge in [0.2, 0.25) is 0 Å². The first-order valence-corrected chi connectivity index (χ1v) is 7.31. The molecule has 0 aromatic heterocycles. The lowest BCUT2D eigenvalue weighted by molar-refractivity contribution is 0.204. The first-order valence-electron chi connectivity index (χ1n) is 4.66. The zero-order valence-corrected chi connectivity index (χ0v) is 12.2. The van der Waals surface area contributed by atoms with E-state index in [0.717, 1.165) is 0 Å². The third kappa shape index (κ3) is 5.22. The van der Waals surface area contributed by atoms with Crippen LogP contribution < -0.4 is 9.44 Å². The molecule has 0 heterocycles. The molecule has 0 aliphatic carbocycles. The van der Waals surface area contributed by atoms with E-state index in [1.54, 1.807) is 18.2 Å². The molecule has 0 aliphatic rings. The van der Waals surface area contributed by atoms with E-state index >= 15 is 0 Å². The summed E-state index contributed by atoms with van der Waals surface area (Å²) in [6, 6.07) is 4.77. The van der Waals surface area contributed by atoms with Crippen LogP contribution in [0, 0.1) is 0 Å². The minimum Gasteiger partial charge on any atom is -0.383 e. The fraction of sp³-hybridized carbons (Fsp3) is 0.333. The molecule has 1 aromatic rings. The molecule has 2 N–H and O–H groups in total. The Morgan fingerprint density at radius 1 is 1.47 bits per heavy atom. The van der Waals surface area contributed by atoms with Gasteiger partial charge in [-0.3, -0.25) is 4.72 Å². The van der Waals surface area contributed by atoms with Crippen molar-refractivity contribution in [3.8, 4) is 0 Å². The molecule has 0 atom stereocenters. The molecule has 0 unspecified atom stereocenters. The average molecular weight is 344 g/mol. The molecular weight excluding hydrogens is 332 g/mol. The molecule has 8 heteroatoms. The Morgan fingerprint density at radius 2 is 2.18 bits per heavy atom. The predicted octanol–water partition coefficient (Wildman–Crippen LogP) is 2.00. The van der Waals surface area contributed by atoms with E-state index < -0.39 is 10.2 Å². The van der Waals surface area contributed by atoms with Crippen LogP contribution in [0.5, 0.6) is 0 Å². The number of anilines is 1. The summed E-state index contributed by atoms with van der Waals surface area (Å²) >= 11 is 8.97. The number of halogens is 2. The van der Waals surface area contributed by atoms with Crippen LogP contribution in [0.2, 0.25) is 5.02 Å². The van der Waals surface area contributed by atoms with Crippen LogP contribution in [0.4, 0.5) is 5.69 Å². The van der Waals surface area contributed by atoms with Gasteiger partial charge >= 0.3 is 0 Å². The maximum atomic E-state index is 11.6. The molecule has 0 saturated heterocycles. The Labute approximate surface area is 114 Å². The van der Waals surface area contributed by atoms with Crippen molar-refractivity contribution in [2.75, 3.05) is 25.0 Å². The quantitative estimate of drug-likeness (QED) is 0.776. The summed E-state index contributed by atoms with van der Waals surface area (Å²) in [5, 5.41) is 0.521. The van der Waals surface area contributed by atoms with Crippen LogP contribution in [0.25, 0.3) is 0 Å². The van der Waals surface area contributed by atoms with E-state index in [0.29, 0.717) is 21.8 Å². The van der Waals surface area contributed by atoms with Gasteiger partial charge in [0.1, 0.15) is 0 Å². The first kappa shape index (κ1) is 14.7. The lowest BCUT2D eigenvalue weighted by atomic mass is 10.3. The fourth-order valence-corrected chi connectivity index (χ4v) is 2.84. The van der Waals surface area contributed by atoms with Gasteiger partial charge in [-0.1, -0.05) is 11.6 Å². The number of hydrogen-bond acceptors (Lipinski definition) is 3. The number of ether oxygens (including phenoxy) is 1. The lowest BCUT2D eigenvalue weighted by Crippen LogP contribution is -2.32. The van der Waals surface area contributed by atoms with Gasteiger partial charge in [-0.05, 0) is 34.1 Å². The third-order valence-corrected chi connectivity index (χ3v) is 3.74. The van der Waals surface area contributed by atoms with E-state index in [4.69, 9.17) is 16.3 Å². The molecule has 0 spiro atoms. The second-order valence-corrected chi connectivity index (χ2v) is 5.91. The summed E-state index contributed by atoms with van der Waals surface area (Å²) in [4.78, 5) is 0. The summed E-state index contributed by atoms with van der Waals surface area (Å²) in [6.07, 6.45) is 0. The molecular formula is C9H12BrClN2O3S. The van der Waals surface area contributed by atoms with Crippen LogP contribution in [0.1, 0.15) is 0 Å². The van der Waals surface area contributed by atoms with Crippen molar-refractivity contribution >= 4 is 43.4 Å². The number of rotatable bonds is 6. The highest BCUT2D eigenvalue weighted by atomic mass is 79.9. The van der Waals surface area contributed by atoms with Crippen molar-refractivity contribution < 1.29 is 13.2 Å². The highest BCUT2D eigenvalue weighted by Crippen LogP contribution is 2.26. The second kappa shape index (κ2) is 6.55. The van der Waals surface area contributed by atoms with Crippen LogP contribution in [-0.4, -0.2) is 28.7 Å². The van der Waals surface area contributed by atoms with Gasteiger partial charge < -0.3 is 4.74 Å². The molecule has 5 nitrogen and oxygen atoms in total. The summed E-state index contributed by atoms with van der Waals surface area (Å²) in [5.41, 5.74) is 0.416. The average Bonchev–Trinajstić information content (AvgIpc) is 2.22. The molecule has 17 heavy (non-hydrogen) atoms. The Morgan fingerprint density at radius 3 is 2.76 bits per heavy atom. The standard InChI is InChI=1S/C9H12BrClN2O3S/c1-16-5-4-12-17(14,15)13-9-3-2-7(11)6-8(9)10/h2-3,6,12-13H,4-5H2,1H3. The monoisotopic (exact) mass is 342 g/mol. The Bertz CT molecular complexity index is 481. The smallest absolute Gasteiger partial charge is 0.299 e. The third-order valence-electron chi connectivity index (χ3n) is 1.77. The molecule has 0 bridgehead atoms. The van der Waals surface area contributed by atoms with Crippen molar-refractivity contribution in [1.29, 1.82) is 0 Å². The lowest BCUT2D eigenvalue weighted by Gasteiger charge is -2.10. The molecule has 1 rings (SSSR count). The number of methoxy groups -OCH3 is 1. The van der Waals surface area contributed by atoms with Crippen LogP contribution in [0.15, 0.2) is 22.7 Å². The molecule has 0 radical (unpaired) electrons. The van der Waals surface area contributed by atoms with Gasteiger partial charge in [0, 0.05) is 23.1 Å². The van der Waals surface area contributed by atoms with Gasteiger partial charge in [-0.2, -0.15) is 13.1 Å². The van der Waals surface area contributed by atoms with Gasteiger partial charge in [0.25, 0.3) is 10.2 Å². The molecule has 0 aliphatic heterocycles. The normalized spacial score (nSPS) is 11.5. The number of nitrogens with one attached hydrogen (secondary N) is 2. The van der Waals surface area contributed by atoms with Gasteiger partial charge in [-0.15, -0.1) is 0 Å². The zero-order chi connectivity index (χ0) is 12.9. The van der Waals surface area contributed by atoms with Crippen LogP contribution in [0.3, 0.4) is 0 Å². The Hall–Kier alpha value is -0.340. The van der Waals surface area contributed by atoms with Crippen molar-refractivity contribution in [1.82, 2.24) is 4.72 Å². The van der Waals surface area contributed by atoms with E-state index in [2.05, 4.69) is 25.4 Å². The van der Waals surface area contributed by atoms with Crippen molar-refractivity contribution in [3.63, 3.8) is 0 Å². The van der Waals surface area contributed by atoms with Crippen molar-refractivity contribution in [2.24, 2.45) is 0 Å². The summed E-state index contributed by atoms with van der Waals surface area (Å²) in [7, 11) is -2.10. The van der Waals surface area contributed by atoms with Gasteiger partial charge in [0.05, 0.1) is 12.3 Å². The predicted molar refractivity (Wildman–Crippen MR) is 71.6 cm³/mol. The van der Waals surface area contributed by atoms with Crippen molar-refractivity contribution in [3.05, 3.63) is 27.7 Å². The fourth-order valence-electron chi connectivity index (χ4n) is 1.03. The summed E-state index contributed by atoms with van der Waals surface area (Å²) < 4.78 is 33.2.